The Morgan fingerprint density at radius 2 is 0.947 bits per heavy atom. The molecule has 8 rings (SSSR count). The van der Waals surface area contributed by atoms with Crippen LogP contribution in [0.3, 0.4) is 0 Å². The molecule has 8 saturated carbocycles. The van der Waals surface area contributed by atoms with Crippen LogP contribution in [-0.4, -0.2) is 135 Å². The first kappa shape index (κ1) is 83.5. The molecule has 0 aliphatic heterocycles. The number of carbonyl (C=O) groups is 4. The van der Waals surface area contributed by atoms with E-state index in [2.05, 4.69) is 93.1 Å². The summed E-state index contributed by atoms with van der Waals surface area (Å²) in [7, 11) is -12.2. The minimum atomic E-state index is -6.15. The summed E-state index contributed by atoms with van der Waals surface area (Å²) < 4.78 is 123. The fourth-order valence-corrected chi connectivity index (χ4v) is 12.7. The maximum Gasteiger partial charge on any atom is 1.00 e. The van der Waals surface area contributed by atoms with E-state index in [9.17, 15) is 62.7 Å². The van der Waals surface area contributed by atoms with Crippen LogP contribution in [0.4, 0.5) is 17.6 Å². The molecule has 0 aromatic carbocycles. The largest absolute Gasteiger partial charge is 1.00 e. The second-order valence-corrected chi connectivity index (χ2v) is 38.9. The van der Waals surface area contributed by atoms with E-state index >= 15 is 0 Å². The Labute approximate surface area is 519 Å². The molecule has 2 N–H and O–H groups in total. The molecule has 0 unspecified atom stereocenters. The molecule has 8 aliphatic carbocycles. The Morgan fingerprint density at radius 3 is 1.16 bits per heavy atom. The summed E-state index contributed by atoms with van der Waals surface area (Å²) in [5.74, 6) is -0.636. The van der Waals surface area contributed by atoms with Gasteiger partial charge in [0.15, 0.2) is 20.2 Å². The fraction of sp³-hybridized carbons (Fsp3) is 0.872. The van der Waals surface area contributed by atoms with Gasteiger partial charge in [-0.1, -0.05) is 20.8 Å². The summed E-state index contributed by atoms with van der Waals surface area (Å²) in [6.45, 7) is 19.3. The van der Waals surface area contributed by atoms with Gasteiger partial charge in [-0.2, -0.15) is 22.8 Å². The van der Waals surface area contributed by atoms with Gasteiger partial charge in [0.25, 0.3) is 0 Å². The number of nitriles is 1. The van der Waals surface area contributed by atoms with E-state index in [1.54, 1.807) is 11.0 Å². The molecule has 8 bridgehead atoms. The first-order chi connectivity index (χ1) is 33.9. The molecule has 8 aliphatic rings. The van der Waals surface area contributed by atoms with Crippen LogP contribution in [0.1, 0.15) is 138 Å². The van der Waals surface area contributed by atoms with Crippen molar-refractivity contribution in [2.75, 3.05) is 65.7 Å². The van der Waals surface area contributed by atoms with Gasteiger partial charge in [0, 0.05) is 31.9 Å². The number of nitrogens with one attached hydrogen (secondary N) is 1. The van der Waals surface area contributed by atoms with Crippen molar-refractivity contribution in [2.45, 2.75) is 149 Å². The summed E-state index contributed by atoms with van der Waals surface area (Å²) in [5.41, 5.74) is 0.305. The molecule has 0 spiro atoms. The van der Waals surface area contributed by atoms with Crippen molar-refractivity contribution in [1.29, 1.82) is 5.26 Å². The standard InChI is InChI=1S/C16H22F2O7S.C12H17ClO.2C6H15N.C4H6F2O6S.C2H3N.CH3.I3.Na.V/c17-16(18,26(21,22)23)14(20)25-2-1-24-13(19)9-15-6-10-3-11(7-15)5-12(4-10)8-15;13-11(14)7-12-4-8-1-9(5-12)3-10(2-8)6-12;2*1-4-7(5-2)6-3;5-4(6,13(9,10)11)3(8)12-2-1-7;1-2-3;;1-3-2;;/h10-12H,1-9H2,(H,21,22,23);8-10H,1-7H2;2*4-6H2,1-3H3;7H,1-2H2,(H,9,10,11);1H3;1H3;;;/q;;;;;;2*-1;+1;/p-1. The zero-order valence-electron chi connectivity index (χ0n) is 45.4. The van der Waals surface area contributed by atoms with Gasteiger partial charge in [0.1, 0.15) is 19.8 Å². The van der Waals surface area contributed by atoms with E-state index in [1.165, 1.54) is 104 Å². The summed E-state index contributed by atoms with van der Waals surface area (Å²) >= 11 is 10.9. The van der Waals surface area contributed by atoms with E-state index in [0.29, 0.717) is 42.8 Å². The predicted molar refractivity (Wildman–Crippen MR) is 282 cm³/mol. The molecule has 0 saturated heterocycles. The number of nitrogens with zero attached hydrogens (tertiary/aromatic N) is 2. The third-order valence-electron chi connectivity index (χ3n) is 14.2. The van der Waals surface area contributed by atoms with Crippen molar-refractivity contribution < 1.29 is 148 Å². The number of halogens is 8. The van der Waals surface area contributed by atoms with Gasteiger partial charge in [-0.15, -0.1) is 0 Å². The smallest absolute Gasteiger partial charge is 0.743 e. The maximum atomic E-state index is 12.9. The summed E-state index contributed by atoms with van der Waals surface area (Å²) in [5, 5.41) is 4.98. The van der Waals surface area contributed by atoms with Crippen LogP contribution in [0.15, 0.2) is 0 Å². The molecule has 0 heterocycles. The predicted octanol–water partition coefficient (Wildman–Crippen LogP) is 1.87. The molecular weight excluding hydrogens is 1460 g/mol. The van der Waals surface area contributed by atoms with E-state index in [-0.39, 0.29) is 72.6 Å². The summed E-state index contributed by atoms with van der Waals surface area (Å²) in [6.07, 6.45) is 15.8. The van der Waals surface area contributed by atoms with E-state index < -0.39 is 75.1 Å². The average molecular weight is 1540 g/mol. The summed E-state index contributed by atoms with van der Waals surface area (Å²) in [6, 6.07) is 1.75. The Balaban J connectivity index is -0.000000445. The number of aliphatic hydroxyl groups excluding tert-OH is 1. The van der Waals surface area contributed by atoms with Crippen molar-refractivity contribution in [3.8, 4) is 6.07 Å². The number of quaternary nitrogens is 1. The van der Waals surface area contributed by atoms with Gasteiger partial charge >= 0.3 is 108 Å². The van der Waals surface area contributed by atoms with E-state index in [1.807, 2.05) is 0 Å². The molecule has 76 heavy (non-hydrogen) atoms. The van der Waals surface area contributed by atoms with Crippen molar-refractivity contribution >= 4 is 92.2 Å². The first-order valence-electron chi connectivity index (χ1n) is 24.6. The number of alkyl halides is 4. The third-order valence-corrected chi connectivity index (χ3v) is 15.9. The molecule has 0 amide bonds. The quantitative estimate of drug-likeness (QED) is 0.0215. The van der Waals surface area contributed by atoms with Gasteiger partial charge in [0.2, 0.25) is 5.24 Å². The number of ether oxygens (including phenoxy) is 3. The SMILES string of the molecule is CC#N.CCN(CC)CC.CC[NH+](CC)CC.I[I-]I.O=C(CC12CC3CC(CC(C3)C1)C2)OCCOC(=O)C(F)(F)S(=O)(=O)[O-].O=C(Cl)CC12CC3CC(CC(C3)C1)C2.O=C(OCCO)C(F)(F)S(=O)(=O)[O-].[CH3-].[Na+].[V]. The molecular formula is C47H80ClF4I3N3NaO14S2V-2. The zero-order chi connectivity index (χ0) is 56.4. The number of rotatable bonds is 19. The Morgan fingerprint density at radius 1 is 0.684 bits per heavy atom. The first-order valence-corrected chi connectivity index (χ1v) is 40.4. The average Bonchev–Trinajstić information content (AvgIpc) is 3.27. The Bertz CT molecular complexity index is 1870. The topological polar surface area (TPSA) is 262 Å². The molecule has 0 aromatic heterocycles. The molecule has 17 nitrogen and oxygen atoms in total. The maximum absolute atomic E-state index is 12.9. The van der Waals surface area contributed by atoms with Gasteiger partial charge in [-0.25, -0.2) is 26.4 Å². The van der Waals surface area contributed by atoms with Crippen LogP contribution in [0.25, 0.3) is 0 Å². The monoisotopic (exact) mass is 1540 g/mol. The number of hydrogen-bond acceptors (Lipinski definition) is 16. The van der Waals surface area contributed by atoms with Crippen molar-refractivity contribution in [1.82, 2.24) is 4.90 Å². The van der Waals surface area contributed by atoms with Gasteiger partial charge in [0.05, 0.1) is 38.7 Å². The number of carbonyl (C=O) groups excluding carboxylic acids is 4. The Kier molecular flexibility index (Phi) is 45.2. The van der Waals surface area contributed by atoms with E-state index in [0.717, 1.165) is 37.0 Å². The van der Waals surface area contributed by atoms with Crippen LogP contribution < -0.4 is 47.7 Å². The molecule has 443 valence electrons. The summed E-state index contributed by atoms with van der Waals surface area (Å²) in [4.78, 5) is 48.4. The van der Waals surface area contributed by atoms with Gasteiger partial charge < -0.3 is 45.6 Å². The molecule has 0 atom stereocenters. The van der Waals surface area contributed by atoms with Crippen LogP contribution in [-0.2, 0) is 72.2 Å². The van der Waals surface area contributed by atoms with Gasteiger partial charge in [-0.3, -0.25) is 9.59 Å². The molecule has 1 radical (unpaired) electrons. The molecule has 29 heteroatoms. The minimum absolute atomic E-state index is 0. The fourth-order valence-electron chi connectivity index (χ4n) is 11.9. The van der Waals surface area contributed by atoms with Crippen LogP contribution in [0.5, 0.6) is 0 Å². The Hall–Kier alpha value is 1.05. The van der Waals surface area contributed by atoms with Gasteiger partial charge in [-0.05, 0) is 175 Å². The van der Waals surface area contributed by atoms with Crippen molar-refractivity contribution in [3.63, 3.8) is 0 Å². The second kappa shape index (κ2) is 41.1. The normalized spacial score (nSPS) is 24.9. The van der Waals surface area contributed by atoms with Crippen LogP contribution >= 0.6 is 48.8 Å². The second-order valence-electron chi connectivity index (χ2n) is 19.4. The van der Waals surface area contributed by atoms with Crippen molar-refractivity contribution in [3.05, 3.63) is 7.43 Å². The number of hydrogen-bond donors (Lipinski definition) is 2. The minimum Gasteiger partial charge on any atom is -0.743 e. The van der Waals surface area contributed by atoms with Crippen molar-refractivity contribution in [2.24, 2.45) is 46.3 Å². The van der Waals surface area contributed by atoms with Crippen LogP contribution in [0.2, 0.25) is 0 Å². The zero-order valence-corrected chi connectivity index (χ0v) is 57.6. The number of esters is 3. The number of aliphatic hydroxyl groups is 1. The third kappa shape index (κ3) is 29.5. The van der Waals surface area contributed by atoms with E-state index in [4.69, 9.17) is 26.7 Å². The molecule has 8 fully saturated rings. The molecule has 0 aromatic rings. The van der Waals surface area contributed by atoms with Crippen LogP contribution in [0, 0.1) is 65.1 Å².